The zero-order valence-corrected chi connectivity index (χ0v) is 37.8. The Kier molecular flexibility index (Phi) is 18.7. The van der Waals surface area contributed by atoms with Crippen LogP contribution in [0.4, 0.5) is 5.69 Å². The smallest absolute Gasteiger partial charge is 0.264 e. The molecule has 0 saturated carbocycles. The van der Waals surface area contributed by atoms with E-state index in [-0.39, 0.29) is 24.0 Å². The lowest BCUT2D eigenvalue weighted by molar-refractivity contribution is -0.136. The summed E-state index contributed by atoms with van der Waals surface area (Å²) in [5.74, 6) is -2.20. The molecule has 0 aliphatic carbocycles. The molecule has 3 aliphatic heterocycles. The number of anilines is 1. The number of benzene rings is 3. The fourth-order valence-corrected chi connectivity index (χ4v) is 8.34. The molecule has 19 heteroatoms. The molecule has 4 aromatic rings. The Morgan fingerprint density at radius 3 is 1.96 bits per heavy atom. The number of nitrogens with one attached hydrogen (secondary N) is 2. The van der Waals surface area contributed by atoms with Crippen molar-refractivity contribution in [2.75, 3.05) is 124 Å². The van der Waals surface area contributed by atoms with Crippen LogP contribution in [0.2, 0.25) is 0 Å². The molecule has 2 saturated heterocycles. The summed E-state index contributed by atoms with van der Waals surface area (Å²) in [5.41, 5.74) is 9.72. The van der Waals surface area contributed by atoms with Crippen molar-refractivity contribution in [2.45, 2.75) is 37.6 Å². The highest BCUT2D eigenvalue weighted by molar-refractivity contribution is 6.25. The summed E-state index contributed by atoms with van der Waals surface area (Å²) in [6.45, 7) is 9.75. The largest absolute Gasteiger partial charge is 0.382 e. The zero-order chi connectivity index (χ0) is 46.8. The van der Waals surface area contributed by atoms with E-state index in [1.807, 2.05) is 18.3 Å². The van der Waals surface area contributed by atoms with Gasteiger partial charge in [0, 0.05) is 43.3 Å². The monoisotopic (exact) mass is 927 g/mol. The molecular weight excluding hydrogens is 867 g/mol. The first-order valence-electron chi connectivity index (χ1n) is 23.0. The van der Waals surface area contributed by atoms with Crippen LogP contribution in [-0.2, 0) is 42.7 Å². The summed E-state index contributed by atoms with van der Waals surface area (Å²) < 4.78 is 41.2. The number of piperidine rings is 2. The molecule has 0 radical (unpaired) electrons. The third kappa shape index (κ3) is 13.7. The lowest BCUT2D eigenvalue weighted by Crippen LogP contribution is -2.54. The Balaban J connectivity index is 0.620. The highest BCUT2D eigenvalue weighted by Gasteiger charge is 2.45. The molecular formula is C48H61N7O12. The molecule has 3 aromatic carbocycles. The van der Waals surface area contributed by atoms with Crippen molar-refractivity contribution in [3.05, 3.63) is 89.1 Å². The van der Waals surface area contributed by atoms with Gasteiger partial charge in [0.25, 0.3) is 17.7 Å². The number of carbonyl (C=O) groups excluding carboxylic acids is 5. The summed E-state index contributed by atoms with van der Waals surface area (Å²) in [5, 5.41) is 10.8. The Hall–Kier alpha value is -5.64. The van der Waals surface area contributed by atoms with E-state index in [4.69, 9.17) is 38.9 Å². The molecule has 3 aliphatic rings. The maximum atomic E-state index is 13.2. The van der Waals surface area contributed by atoms with Gasteiger partial charge in [0.1, 0.15) is 11.6 Å². The molecule has 67 heavy (non-hydrogen) atoms. The number of aromatic nitrogens is 2. The van der Waals surface area contributed by atoms with Crippen LogP contribution in [0.1, 0.15) is 68.2 Å². The van der Waals surface area contributed by atoms with Crippen LogP contribution >= 0.6 is 0 Å². The second kappa shape index (κ2) is 25.5. The molecule has 7 rings (SSSR count). The number of ether oxygens (including phenoxy) is 7. The van der Waals surface area contributed by atoms with E-state index in [0.717, 1.165) is 48.4 Å². The van der Waals surface area contributed by atoms with Crippen LogP contribution in [0.15, 0.2) is 66.9 Å². The Morgan fingerprint density at radius 1 is 0.716 bits per heavy atom. The van der Waals surface area contributed by atoms with Gasteiger partial charge in [-0.1, -0.05) is 30.3 Å². The van der Waals surface area contributed by atoms with Gasteiger partial charge < -0.3 is 49.1 Å². The average Bonchev–Trinajstić information content (AvgIpc) is 3.89. The van der Waals surface area contributed by atoms with Crippen LogP contribution in [0.5, 0.6) is 0 Å². The Bertz CT molecular complexity index is 2290. The Morgan fingerprint density at radius 2 is 1.33 bits per heavy atom. The van der Waals surface area contributed by atoms with Gasteiger partial charge in [-0.25, -0.2) is 4.68 Å². The highest BCUT2D eigenvalue weighted by atomic mass is 16.6. The summed E-state index contributed by atoms with van der Waals surface area (Å²) >= 11 is 0. The van der Waals surface area contributed by atoms with Crippen molar-refractivity contribution in [2.24, 2.45) is 5.73 Å². The predicted octanol–water partition coefficient (Wildman–Crippen LogP) is 2.93. The molecule has 0 bridgehead atoms. The van der Waals surface area contributed by atoms with E-state index in [0.29, 0.717) is 122 Å². The molecule has 4 heterocycles. The average molecular weight is 928 g/mol. The van der Waals surface area contributed by atoms with Gasteiger partial charge >= 0.3 is 0 Å². The van der Waals surface area contributed by atoms with Gasteiger partial charge in [-0.15, -0.1) is 0 Å². The summed E-state index contributed by atoms with van der Waals surface area (Å²) in [4.78, 5) is 65.3. The minimum absolute atomic E-state index is 0.0632. The lowest BCUT2D eigenvalue weighted by Gasteiger charge is -2.33. The molecule has 2 atom stereocenters. The van der Waals surface area contributed by atoms with Crippen molar-refractivity contribution in [1.29, 1.82) is 0 Å². The number of primary amides is 1. The number of imide groups is 2. The second-order valence-electron chi connectivity index (χ2n) is 16.3. The number of carbonyl (C=O) groups is 5. The Labute approximate surface area is 389 Å². The van der Waals surface area contributed by atoms with E-state index >= 15 is 0 Å². The van der Waals surface area contributed by atoms with E-state index < -0.39 is 35.6 Å². The number of fused-ring (bicyclic) bond motifs is 2. The number of hydrogen-bond donors (Lipinski definition) is 3. The number of nitrogens with two attached hydrogens (primary N) is 1. The van der Waals surface area contributed by atoms with E-state index in [1.54, 1.807) is 28.9 Å². The minimum Gasteiger partial charge on any atom is -0.382 e. The molecule has 2 unspecified atom stereocenters. The van der Waals surface area contributed by atoms with Crippen LogP contribution in [0, 0.1) is 0 Å². The van der Waals surface area contributed by atoms with E-state index in [2.05, 4.69) is 44.9 Å². The molecule has 2 fully saturated rings. The molecule has 360 valence electrons. The first-order chi connectivity index (χ1) is 32.8. The van der Waals surface area contributed by atoms with Gasteiger partial charge in [-0.2, -0.15) is 5.10 Å². The number of nitrogens with zero attached hydrogens (tertiary/aromatic N) is 4. The topological polar surface area (TPSA) is 224 Å². The van der Waals surface area contributed by atoms with Gasteiger partial charge in [0.2, 0.25) is 11.8 Å². The molecule has 0 spiro atoms. The van der Waals surface area contributed by atoms with Gasteiger partial charge in [0.15, 0.2) is 0 Å². The van der Waals surface area contributed by atoms with E-state index in [9.17, 15) is 24.0 Å². The van der Waals surface area contributed by atoms with Crippen LogP contribution in [0.3, 0.4) is 0 Å². The number of rotatable bonds is 29. The number of likely N-dealkylation sites (tertiary alicyclic amines) is 1. The van der Waals surface area contributed by atoms with Crippen LogP contribution in [-0.4, -0.2) is 174 Å². The fourth-order valence-electron chi connectivity index (χ4n) is 8.34. The van der Waals surface area contributed by atoms with Gasteiger partial charge in [-0.3, -0.25) is 34.2 Å². The number of amides is 5. The standard InChI is InChI=1S/C48H61N7O12/c49-45(57)39-7-1-4-36-33-54(52-44(36)39)37-11-9-34(10-12-37)35-5-3-16-53(32-35)17-19-62-21-23-64-25-27-66-29-31-67-30-28-65-26-24-63-22-20-61-18-15-50-40-8-2-6-38-43(40)48(60)55(47(38)59)41-13-14-42(56)51-46(41)58/h1-2,4,6-12,33,35,41,50H,3,5,13-32H2,(H2,49,57)(H,51,56,58). The third-order valence-corrected chi connectivity index (χ3v) is 11.8. The van der Waals surface area contributed by atoms with Crippen molar-refractivity contribution in [3.63, 3.8) is 0 Å². The van der Waals surface area contributed by atoms with Crippen molar-refractivity contribution < 1.29 is 57.1 Å². The maximum Gasteiger partial charge on any atom is 0.264 e. The highest BCUT2D eigenvalue weighted by Crippen LogP contribution is 2.32. The lowest BCUT2D eigenvalue weighted by atomic mass is 9.90. The van der Waals surface area contributed by atoms with Crippen LogP contribution < -0.4 is 16.4 Å². The minimum atomic E-state index is -1.01. The zero-order valence-electron chi connectivity index (χ0n) is 37.8. The molecule has 5 amide bonds. The van der Waals surface area contributed by atoms with Gasteiger partial charge in [0.05, 0.1) is 115 Å². The quantitative estimate of drug-likeness (QED) is 0.0526. The normalized spacial score (nSPS) is 17.6. The van der Waals surface area contributed by atoms with Crippen molar-refractivity contribution >= 4 is 46.1 Å². The van der Waals surface area contributed by atoms with E-state index in [1.165, 1.54) is 5.56 Å². The summed E-state index contributed by atoms with van der Waals surface area (Å²) in [7, 11) is 0. The third-order valence-electron chi connectivity index (χ3n) is 11.8. The molecule has 19 nitrogen and oxygen atoms in total. The van der Waals surface area contributed by atoms with Crippen LogP contribution in [0.25, 0.3) is 16.6 Å². The SMILES string of the molecule is NC(=O)c1cccc2cn(-c3ccc(C4CCCN(CCOCCOCCOCCOCCOCCOCCOCCNc5cccc6c5C(=O)N(C5CCC(=O)NC5=O)C6=O)C4)cc3)nc12. The van der Waals surface area contributed by atoms with Gasteiger partial charge in [-0.05, 0) is 67.6 Å². The molecule has 1 aromatic heterocycles. The maximum absolute atomic E-state index is 13.2. The first kappa shape index (κ1) is 49.3. The summed E-state index contributed by atoms with van der Waals surface area (Å²) in [6, 6.07) is 17.9. The second-order valence-corrected chi connectivity index (χ2v) is 16.3. The fraction of sp³-hybridized carbons (Fsp3) is 0.500. The predicted molar refractivity (Wildman–Crippen MR) is 245 cm³/mol. The molecule has 4 N–H and O–H groups in total. The first-order valence-corrected chi connectivity index (χ1v) is 23.0. The summed E-state index contributed by atoms with van der Waals surface area (Å²) in [6.07, 6.45) is 4.38. The number of hydrogen-bond acceptors (Lipinski definition) is 15. The van der Waals surface area contributed by atoms with Crippen molar-refractivity contribution in [3.8, 4) is 5.69 Å². The van der Waals surface area contributed by atoms with Crippen molar-refractivity contribution in [1.82, 2.24) is 24.9 Å².